The first kappa shape index (κ1) is 15.6. The lowest BCUT2D eigenvalue weighted by molar-refractivity contribution is 0.0655. The Hall–Kier alpha value is -1.32. The van der Waals surface area contributed by atoms with Crippen LogP contribution in [0, 0.1) is 5.92 Å². The fraction of sp³-hybridized carbons (Fsp3) is 0.778. The van der Waals surface area contributed by atoms with Gasteiger partial charge in [0.2, 0.25) is 0 Å². The molecule has 0 aromatic carbocycles. The van der Waals surface area contributed by atoms with E-state index in [4.69, 9.17) is 4.42 Å². The Balaban J connectivity index is 1.73. The molecule has 2 heterocycles. The highest BCUT2D eigenvalue weighted by atomic mass is 16.3. The number of carbonyl (C=O) groups excluding carboxylic acids is 1. The summed E-state index contributed by atoms with van der Waals surface area (Å²) in [7, 11) is 0. The van der Waals surface area contributed by atoms with Crippen molar-refractivity contribution in [1.29, 1.82) is 0 Å². The van der Waals surface area contributed by atoms with Gasteiger partial charge >= 0.3 is 0 Å². The first-order valence-corrected chi connectivity index (χ1v) is 8.91. The van der Waals surface area contributed by atoms with E-state index in [1.54, 1.807) is 6.26 Å². The number of amides is 1. The molecule has 1 amide bonds. The van der Waals surface area contributed by atoms with Gasteiger partial charge in [-0.25, -0.2) is 4.98 Å². The minimum Gasteiger partial charge on any atom is -0.448 e. The van der Waals surface area contributed by atoms with Crippen LogP contribution in [0.1, 0.15) is 87.5 Å². The molecular weight excluding hydrogens is 276 g/mol. The van der Waals surface area contributed by atoms with Crippen LogP contribution >= 0.6 is 0 Å². The monoisotopic (exact) mass is 304 g/mol. The largest absolute Gasteiger partial charge is 0.448 e. The number of nitrogens with zero attached hydrogens (tertiary/aromatic N) is 2. The van der Waals surface area contributed by atoms with Gasteiger partial charge in [0.05, 0.1) is 0 Å². The predicted molar refractivity (Wildman–Crippen MR) is 85.8 cm³/mol. The van der Waals surface area contributed by atoms with Crippen molar-refractivity contribution < 1.29 is 9.21 Å². The summed E-state index contributed by atoms with van der Waals surface area (Å²) in [6, 6.07) is 0.360. The van der Waals surface area contributed by atoms with Crippen LogP contribution < -0.4 is 0 Å². The Morgan fingerprint density at radius 1 is 1.27 bits per heavy atom. The molecule has 1 aliphatic carbocycles. The van der Waals surface area contributed by atoms with E-state index in [2.05, 4.69) is 23.7 Å². The predicted octanol–water partition coefficient (Wildman–Crippen LogP) is 4.37. The van der Waals surface area contributed by atoms with Crippen LogP contribution in [-0.2, 0) is 0 Å². The van der Waals surface area contributed by atoms with E-state index in [-0.39, 0.29) is 5.91 Å². The van der Waals surface area contributed by atoms with Crippen LogP contribution in [-0.4, -0.2) is 28.4 Å². The molecule has 0 unspecified atom stereocenters. The zero-order chi connectivity index (χ0) is 15.5. The summed E-state index contributed by atoms with van der Waals surface area (Å²) in [5.41, 5.74) is 0.512. The van der Waals surface area contributed by atoms with Gasteiger partial charge < -0.3 is 9.32 Å². The van der Waals surface area contributed by atoms with Gasteiger partial charge in [-0.3, -0.25) is 4.79 Å². The van der Waals surface area contributed by atoms with Gasteiger partial charge in [-0.2, -0.15) is 0 Å². The minimum absolute atomic E-state index is 0.0712. The Morgan fingerprint density at radius 2 is 2.09 bits per heavy atom. The second-order valence-corrected chi connectivity index (χ2v) is 7.33. The molecule has 0 radical (unpaired) electrons. The molecule has 0 N–H and O–H groups in total. The molecule has 1 aromatic heterocycles. The molecule has 1 saturated heterocycles. The number of carbonyl (C=O) groups is 1. The average molecular weight is 304 g/mol. The van der Waals surface area contributed by atoms with Crippen molar-refractivity contribution in [2.75, 3.05) is 6.54 Å². The molecule has 1 aliphatic heterocycles. The summed E-state index contributed by atoms with van der Waals surface area (Å²) in [4.78, 5) is 19.4. The summed E-state index contributed by atoms with van der Waals surface area (Å²) in [6.07, 6.45) is 10.9. The number of hydrogen-bond acceptors (Lipinski definition) is 3. The lowest BCUT2D eigenvalue weighted by Gasteiger charge is -2.30. The van der Waals surface area contributed by atoms with Crippen molar-refractivity contribution in [3.8, 4) is 0 Å². The molecule has 4 nitrogen and oxygen atoms in total. The lowest BCUT2D eigenvalue weighted by atomic mass is 9.85. The summed E-state index contributed by atoms with van der Waals surface area (Å²) >= 11 is 0. The summed E-state index contributed by atoms with van der Waals surface area (Å²) < 4.78 is 5.57. The Labute approximate surface area is 133 Å². The SMILES string of the molecule is CC(C)C[C@@H]1CCCCCN1C(=O)c1coc(C2CCC2)n1. The van der Waals surface area contributed by atoms with Gasteiger partial charge in [0.15, 0.2) is 11.6 Å². The molecule has 2 aliphatic rings. The second-order valence-electron chi connectivity index (χ2n) is 7.33. The molecule has 1 aromatic rings. The van der Waals surface area contributed by atoms with Gasteiger partial charge in [0.25, 0.3) is 5.91 Å². The fourth-order valence-corrected chi connectivity index (χ4v) is 3.61. The molecule has 4 heteroatoms. The molecule has 122 valence electrons. The van der Waals surface area contributed by atoms with Crippen molar-refractivity contribution in [2.45, 2.75) is 77.2 Å². The molecule has 3 rings (SSSR count). The topological polar surface area (TPSA) is 46.3 Å². The van der Waals surface area contributed by atoms with Crippen molar-refractivity contribution in [1.82, 2.24) is 9.88 Å². The van der Waals surface area contributed by atoms with Crippen molar-refractivity contribution in [2.24, 2.45) is 5.92 Å². The maximum Gasteiger partial charge on any atom is 0.276 e. The molecule has 22 heavy (non-hydrogen) atoms. The summed E-state index contributed by atoms with van der Waals surface area (Å²) in [5, 5.41) is 0. The summed E-state index contributed by atoms with van der Waals surface area (Å²) in [5.74, 6) is 1.89. The zero-order valence-corrected chi connectivity index (χ0v) is 13.9. The average Bonchev–Trinajstić information content (AvgIpc) is 2.76. The van der Waals surface area contributed by atoms with Crippen LogP contribution in [0.3, 0.4) is 0 Å². The quantitative estimate of drug-likeness (QED) is 0.829. The third-order valence-corrected chi connectivity index (χ3v) is 5.08. The molecule has 1 saturated carbocycles. The van der Waals surface area contributed by atoms with Crippen molar-refractivity contribution >= 4 is 5.91 Å². The maximum absolute atomic E-state index is 12.9. The number of rotatable bonds is 4. The zero-order valence-electron chi connectivity index (χ0n) is 13.9. The van der Waals surface area contributed by atoms with E-state index in [9.17, 15) is 4.79 Å². The van der Waals surface area contributed by atoms with Gasteiger partial charge in [-0.05, 0) is 38.0 Å². The Bertz CT molecular complexity index is 505. The molecule has 1 atom stereocenters. The van der Waals surface area contributed by atoms with Crippen LogP contribution in [0.5, 0.6) is 0 Å². The molecule has 0 bridgehead atoms. The van der Waals surface area contributed by atoms with Gasteiger partial charge in [-0.1, -0.05) is 33.1 Å². The molecular formula is C18H28N2O2. The first-order valence-electron chi connectivity index (χ1n) is 8.91. The lowest BCUT2D eigenvalue weighted by Crippen LogP contribution is -2.41. The van der Waals surface area contributed by atoms with E-state index in [0.717, 1.165) is 44.5 Å². The third kappa shape index (κ3) is 3.36. The Kier molecular flexibility index (Phi) is 4.84. The van der Waals surface area contributed by atoms with Crippen LogP contribution in [0.25, 0.3) is 0 Å². The van der Waals surface area contributed by atoms with Crippen molar-refractivity contribution in [3.63, 3.8) is 0 Å². The third-order valence-electron chi connectivity index (χ3n) is 5.08. The second kappa shape index (κ2) is 6.84. The van der Waals surface area contributed by atoms with Crippen molar-refractivity contribution in [3.05, 3.63) is 17.8 Å². The van der Waals surface area contributed by atoms with Gasteiger partial charge in [0, 0.05) is 18.5 Å². The standard InChI is InChI=1S/C18H28N2O2/c1-13(2)11-15-9-4-3-5-10-20(15)18(21)16-12-22-17(19-16)14-7-6-8-14/h12-15H,3-11H2,1-2H3/t15-/m0/s1. The van der Waals surface area contributed by atoms with E-state index < -0.39 is 0 Å². The van der Waals surface area contributed by atoms with E-state index in [1.807, 2.05) is 0 Å². The minimum atomic E-state index is 0.0712. The Morgan fingerprint density at radius 3 is 2.77 bits per heavy atom. The van der Waals surface area contributed by atoms with Gasteiger partial charge in [0.1, 0.15) is 6.26 Å². The normalized spacial score (nSPS) is 23.4. The van der Waals surface area contributed by atoms with E-state index in [1.165, 1.54) is 19.3 Å². The molecule has 2 fully saturated rings. The summed E-state index contributed by atoms with van der Waals surface area (Å²) in [6.45, 7) is 5.33. The number of oxazole rings is 1. The van der Waals surface area contributed by atoms with E-state index in [0.29, 0.717) is 23.6 Å². The first-order chi connectivity index (χ1) is 10.6. The van der Waals surface area contributed by atoms with E-state index >= 15 is 0 Å². The van der Waals surface area contributed by atoms with Crippen LogP contribution in [0.4, 0.5) is 0 Å². The van der Waals surface area contributed by atoms with Crippen LogP contribution in [0.15, 0.2) is 10.7 Å². The fourth-order valence-electron chi connectivity index (χ4n) is 3.61. The highest BCUT2D eigenvalue weighted by Crippen LogP contribution is 2.35. The smallest absolute Gasteiger partial charge is 0.276 e. The highest BCUT2D eigenvalue weighted by Gasteiger charge is 2.30. The molecule has 0 spiro atoms. The number of hydrogen-bond donors (Lipinski definition) is 0. The number of aromatic nitrogens is 1. The maximum atomic E-state index is 12.9. The highest BCUT2D eigenvalue weighted by molar-refractivity contribution is 5.92. The van der Waals surface area contributed by atoms with Crippen LogP contribution in [0.2, 0.25) is 0 Å². The number of likely N-dealkylation sites (tertiary alicyclic amines) is 1. The van der Waals surface area contributed by atoms with Gasteiger partial charge in [-0.15, -0.1) is 0 Å².